The van der Waals surface area contributed by atoms with Crippen molar-refractivity contribution in [3.8, 4) is 11.5 Å². The molecule has 122 valence electrons. The fraction of sp³-hybridized carbons (Fsp3) is 0.611. The summed E-state index contributed by atoms with van der Waals surface area (Å²) in [6, 6.07) is 5.55. The molecule has 0 N–H and O–H groups in total. The Morgan fingerprint density at radius 1 is 1.27 bits per heavy atom. The van der Waals surface area contributed by atoms with Crippen molar-refractivity contribution in [1.29, 1.82) is 0 Å². The smallest absolute Gasteiger partial charge is 0.174 e. The third kappa shape index (κ3) is 4.47. The summed E-state index contributed by atoms with van der Waals surface area (Å²) in [6.45, 7) is 4.08. The summed E-state index contributed by atoms with van der Waals surface area (Å²) >= 11 is 0. The first-order valence-corrected chi connectivity index (χ1v) is 8.20. The molecule has 1 heterocycles. The van der Waals surface area contributed by atoms with Crippen LogP contribution in [-0.2, 0) is 0 Å². The molecule has 0 aliphatic carbocycles. The van der Waals surface area contributed by atoms with E-state index in [4.69, 9.17) is 9.47 Å². The maximum absolute atomic E-state index is 12.4. The minimum atomic E-state index is -0.0803. The normalized spacial score (nSPS) is 17.3. The first kappa shape index (κ1) is 16.8. The highest BCUT2D eigenvalue weighted by atomic mass is 16.5. The second kappa shape index (κ2) is 8.18. The molecule has 0 aromatic heterocycles. The van der Waals surface area contributed by atoms with Crippen LogP contribution in [0.1, 0.15) is 43.0 Å². The van der Waals surface area contributed by atoms with Gasteiger partial charge in [-0.15, -0.1) is 0 Å². The third-order valence-corrected chi connectivity index (χ3v) is 3.88. The van der Waals surface area contributed by atoms with Crippen LogP contribution < -0.4 is 9.47 Å². The molecule has 0 saturated heterocycles. The molecule has 1 aliphatic heterocycles. The summed E-state index contributed by atoms with van der Waals surface area (Å²) < 4.78 is 11.5. The molecule has 0 amide bonds. The highest BCUT2D eigenvalue weighted by molar-refractivity contribution is 6.01. The lowest BCUT2D eigenvalue weighted by atomic mass is 9.94. The summed E-state index contributed by atoms with van der Waals surface area (Å²) in [5.41, 5.74) is 0.677. The van der Waals surface area contributed by atoms with E-state index in [9.17, 15) is 4.79 Å². The lowest BCUT2D eigenvalue weighted by Crippen LogP contribution is -2.35. The lowest BCUT2D eigenvalue weighted by molar-refractivity contribution is 0.0795. The molecule has 0 saturated carbocycles. The van der Waals surface area contributed by atoms with Crippen LogP contribution in [0, 0.1) is 5.92 Å². The predicted molar refractivity (Wildman–Crippen MR) is 87.9 cm³/mol. The highest BCUT2D eigenvalue weighted by Gasteiger charge is 2.29. The van der Waals surface area contributed by atoms with Crippen molar-refractivity contribution in [3.63, 3.8) is 0 Å². The van der Waals surface area contributed by atoms with Crippen LogP contribution in [0.15, 0.2) is 18.2 Å². The van der Waals surface area contributed by atoms with E-state index < -0.39 is 0 Å². The largest absolute Gasteiger partial charge is 0.493 e. The second-order valence-electron chi connectivity index (χ2n) is 6.20. The van der Waals surface area contributed by atoms with Gasteiger partial charge in [0.15, 0.2) is 5.78 Å². The van der Waals surface area contributed by atoms with E-state index in [-0.39, 0.29) is 11.7 Å². The van der Waals surface area contributed by atoms with Gasteiger partial charge in [-0.25, -0.2) is 0 Å². The molecule has 0 bridgehead atoms. The van der Waals surface area contributed by atoms with E-state index in [0.29, 0.717) is 24.5 Å². The minimum Gasteiger partial charge on any atom is -0.493 e. The molecular formula is C18H27NO3. The fourth-order valence-corrected chi connectivity index (χ4v) is 2.70. The molecule has 4 nitrogen and oxygen atoms in total. The minimum absolute atomic E-state index is 0.0803. The van der Waals surface area contributed by atoms with Gasteiger partial charge in [-0.3, -0.25) is 4.79 Å². The second-order valence-corrected chi connectivity index (χ2v) is 6.20. The molecule has 0 spiro atoms. The Morgan fingerprint density at radius 3 is 2.82 bits per heavy atom. The number of Topliss-reactive ketones (excluding diaryl/α,β-unsaturated/α-hetero) is 1. The van der Waals surface area contributed by atoms with Crippen LogP contribution in [0.3, 0.4) is 0 Å². The Kier molecular flexibility index (Phi) is 6.25. The average Bonchev–Trinajstić information content (AvgIpc) is 2.49. The molecule has 1 unspecified atom stereocenters. The maximum atomic E-state index is 12.4. The molecule has 0 fully saturated rings. The Balaban J connectivity index is 1.93. The first-order chi connectivity index (χ1) is 10.6. The van der Waals surface area contributed by atoms with Gasteiger partial charge < -0.3 is 14.4 Å². The van der Waals surface area contributed by atoms with Crippen molar-refractivity contribution >= 4 is 5.78 Å². The zero-order valence-corrected chi connectivity index (χ0v) is 13.9. The van der Waals surface area contributed by atoms with Gasteiger partial charge in [-0.1, -0.05) is 26.2 Å². The topological polar surface area (TPSA) is 38.8 Å². The van der Waals surface area contributed by atoms with Gasteiger partial charge in [-0.05, 0) is 32.6 Å². The molecule has 1 atom stereocenters. The number of fused-ring (bicyclic) bond motifs is 1. The number of carbonyl (C=O) groups excluding carboxylic acids is 1. The van der Waals surface area contributed by atoms with Gasteiger partial charge in [0, 0.05) is 12.6 Å². The van der Waals surface area contributed by atoms with Gasteiger partial charge in [0.1, 0.15) is 11.5 Å². The Hall–Kier alpha value is -1.55. The number of hydrogen-bond acceptors (Lipinski definition) is 4. The number of rotatable bonds is 8. The predicted octanol–water partition coefficient (Wildman–Crippen LogP) is 3.40. The van der Waals surface area contributed by atoms with Crippen LogP contribution in [0.25, 0.3) is 0 Å². The molecular weight excluding hydrogens is 278 g/mol. The van der Waals surface area contributed by atoms with Crippen molar-refractivity contribution in [2.45, 2.75) is 32.6 Å². The molecule has 4 heteroatoms. The third-order valence-electron chi connectivity index (χ3n) is 3.88. The Bertz CT molecular complexity index is 499. The van der Waals surface area contributed by atoms with Crippen molar-refractivity contribution in [2.24, 2.45) is 5.92 Å². The summed E-state index contributed by atoms with van der Waals surface area (Å²) in [5.74, 6) is 1.54. The van der Waals surface area contributed by atoms with Crippen LogP contribution in [0.5, 0.6) is 11.5 Å². The summed E-state index contributed by atoms with van der Waals surface area (Å²) in [7, 11) is 3.94. The number of hydrogen-bond donors (Lipinski definition) is 0. The quantitative estimate of drug-likeness (QED) is 0.690. The molecule has 1 aliphatic rings. The van der Waals surface area contributed by atoms with E-state index in [1.165, 1.54) is 19.3 Å². The van der Waals surface area contributed by atoms with Gasteiger partial charge in [0.2, 0.25) is 0 Å². The number of unbranched alkanes of at least 4 members (excludes halogenated alkanes) is 3. The monoisotopic (exact) mass is 305 g/mol. The zero-order valence-electron chi connectivity index (χ0n) is 13.9. The molecule has 0 radical (unpaired) electrons. The van der Waals surface area contributed by atoms with Crippen LogP contribution >= 0.6 is 0 Å². The number of nitrogens with zero attached hydrogens (tertiary/aromatic N) is 1. The van der Waals surface area contributed by atoms with Crippen molar-refractivity contribution in [1.82, 2.24) is 4.90 Å². The molecule has 22 heavy (non-hydrogen) atoms. The van der Waals surface area contributed by atoms with Crippen LogP contribution in [-0.4, -0.2) is 44.5 Å². The highest BCUT2D eigenvalue weighted by Crippen LogP contribution is 2.31. The lowest BCUT2D eigenvalue weighted by Gasteiger charge is -2.26. The number of benzene rings is 1. The van der Waals surface area contributed by atoms with Crippen molar-refractivity contribution in [3.05, 3.63) is 23.8 Å². The zero-order chi connectivity index (χ0) is 15.9. The van der Waals surface area contributed by atoms with Gasteiger partial charge in [-0.2, -0.15) is 0 Å². The van der Waals surface area contributed by atoms with Gasteiger partial charge >= 0.3 is 0 Å². The van der Waals surface area contributed by atoms with Gasteiger partial charge in [0.25, 0.3) is 0 Å². The number of ether oxygens (including phenoxy) is 2. The van der Waals surface area contributed by atoms with Crippen LogP contribution in [0.4, 0.5) is 0 Å². The van der Waals surface area contributed by atoms with Gasteiger partial charge in [0.05, 0.1) is 24.7 Å². The maximum Gasteiger partial charge on any atom is 0.174 e. The summed E-state index contributed by atoms with van der Waals surface area (Å²) in [4.78, 5) is 14.5. The van der Waals surface area contributed by atoms with E-state index in [2.05, 4.69) is 6.92 Å². The first-order valence-electron chi connectivity index (χ1n) is 8.20. The molecule has 2 rings (SSSR count). The fourth-order valence-electron chi connectivity index (χ4n) is 2.70. The number of carbonyl (C=O) groups is 1. The Morgan fingerprint density at radius 2 is 2.09 bits per heavy atom. The Labute approximate surface area is 133 Å². The van der Waals surface area contributed by atoms with Crippen molar-refractivity contribution < 1.29 is 14.3 Å². The number of ketones is 1. The summed E-state index contributed by atoms with van der Waals surface area (Å²) in [6.07, 6.45) is 4.74. The van der Waals surface area contributed by atoms with E-state index in [0.717, 1.165) is 18.8 Å². The SMILES string of the molecule is CCCCCCOc1ccc2c(c1)OCC(CN(C)C)C2=O. The standard InChI is InChI=1S/C18H27NO3/c1-4-5-6-7-10-21-15-8-9-16-17(11-15)22-13-14(18(16)20)12-19(2)3/h8-9,11,14H,4-7,10,12-13H2,1-3H3. The van der Waals surface area contributed by atoms with E-state index in [1.807, 2.05) is 37.2 Å². The van der Waals surface area contributed by atoms with Crippen molar-refractivity contribution in [2.75, 3.05) is 33.9 Å². The van der Waals surface area contributed by atoms with E-state index in [1.54, 1.807) is 0 Å². The summed E-state index contributed by atoms with van der Waals surface area (Å²) in [5, 5.41) is 0. The van der Waals surface area contributed by atoms with Crippen LogP contribution in [0.2, 0.25) is 0 Å². The molecule has 1 aromatic carbocycles. The average molecular weight is 305 g/mol. The molecule has 1 aromatic rings. The van der Waals surface area contributed by atoms with E-state index >= 15 is 0 Å².